The molecule has 1 saturated heterocycles. The SMILES string of the molecule is COC(C)(C)c1cccc(CN2CCNCC2)c1. The number of nitrogens with zero attached hydrogens (tertiary/aromatic N) is 1. The van der Waals surface area contributed by atoms with E-state index in [1.807, 2.05) is 0 Å². The van der Waals surface area contributed by atoms with Gasteiger partial charge in [0.05, 0.1) is 5.60 Å². The van der Waals surface area contributed by atoms with Crippen LogP contribution in [0.15, 0.2) is 24.3 Å². The Labute approximate surface area is 110 Å². The molecule has 0 spiro atoms. The second-order valence-electron chi connectivity index (χ2n) is 5.44. The summed E-state index contributed by atoms with van der Waals surface area (Å²) >= 11 is 0. The highest BCUT2D eigenvalue weighted by atomic mass is 16.5. The van der Waals surface area contributed by atoms with Crippen LogP contribution in [0.1, 0.15) is 25.0 Å². The second-order valence-corrected chi connectivity index (χ2v) is 5.44. The van der Waals surface area contributed by atoms with Gasteiger partial charge in [-0.1, -0.05) is 24.3 Å². The normalized spacial score (nSPS) is 17.9. The smallest absolute Gasteiger partial charge is 0.0871 e. The van der Waals surface area contributed by atoms with Gasteiger partial charge in [-0.15, -0.1) is 0 Å². The van der Waals surface area contributed by atoms with Crippen molar-refractivity contribution in [3.63, 3.8) is 0 Å². The van der Waals surface area contributed by atoms with E-state index in [9.17, 15) is 0 Å². The van der Waals surface area contributed by atoms with E-state index >= 15 is 0 Å². The number of benzene rings is 1. The molecule has 18 heavy (non-hydrogen) atoms. The van der Waals surface area contributed by atoms with E-state index in [4.69, 9.17) is 4.74 Å². The van der Waals surface area contributed by atoms with Crippen LogP contribution >= 0.6 is 0 Å². The third-order valence-corrected chi connectivity index (χ3v) is 3.75. The summed E-state index contributed by atoms with van der Waals surface area (Å²) in [5.41, 5.74) is 2.41. The standard InChI is InChI=1S/C15H24N2O/c1-15(2,18-3)14-6-4-5-13(11-14)12-17-9-7-16-8-10-17/h4-6,11,16H,7-10,12H2,1-3H3. The molecule has 1 aliphatic heterocycles. The number of methoxy groups -OCH3 is 1. The zero-order valence-electron chi connectivity index (χ0n) is 11.7. The van der Waals surface area contributed by atoms with Gasteiger partial charge in [0.1, 0.15) is 0 Å². The summed E-state index contributed by atoms with van der Waals surface area (Å²) in [7, 11) is 1.77. The van der Waals surface area contributed by atoms with E-state index in [1.54, 1.807) is 7.11 Å². The van der Waals surface area contributed by atoms with Gasteiger partial charge in [0.2, 0.25) is 0 Å². The average Bonchev–Trinajstić information content (AvgIpc) is 2.40. The van der Waals surface area contributed by atoms with E-state index in [-0.39, 0.29) is 5.60 Å². The molecule has 0 bridgehead atoms. The van der Waals surface area contributed by atoms with E-state index in [1.165, 1.54) is 11.1 Å². The van der Waals surface area contributed by atoms with Gasteiger partial charge in [-0.05, 0) is 25.0 Å². The Morgan fingerprint density at radius 1 is 1.28 bits per heavy atom. The fraction of sp³-hybridized carbons (Fsp3) is 0.600. The van der Waals surface area contributed by atoms with E-state index in [0.29, 0.717) is 0 Å². The molecule has 3 nitrogen and oxygen atoms in total. The molecule has 0 radical (unpaired) electrons. The number of ether oxygens (including phenoxy) is 1. The summed E-state index contributed by atoms with van der Waals surface area (Å²) in [5.74, 6) is 0. The van der Waals surface area contributed by atoms with Gasteiger partial charge in [-0.25, -0.2) is 0 Å². The number of hydrogen-bond acceptors (Lipinski definition) is 3. The van der Waals surface area contributed by atoms with Gasteiger partial charge < -0.3 is 10.1 Å². The third-order valence-electron chi connectivity index (χ3n) is 3.75. The molecule has 0 unspecified atom stereocenters. The summed E-state index contributed by atoms with van der Waals surface area (Å²) < 4.78 is 5.55. The lowest BCUT2D eigenvalue weighted by molar-refractivity contribution is 0.0191. The van der Waals surface area contributed by atoms with Crippen molar-refractivity contribution in [2.24, 2.45) is 0 Å². The highest BCUT2D eigenvalue weighted by Gasteiger charge is 2.19. The molecule has 0 atom stereocenters. The Morgan fingerprint density at radius 3 is 2.67 bits per heavy atom. The molecule has 1 N–H and O–H groups in total. The number of hydrogen-bond donors (Lipinski definition) is 1. The average molecular weight is 248 g/mol. The number of piperazine rings is 1. The molecule has 0 amide bonds. The van der Waals surface area contributed by atoms with Crippen LogP contribution in [0.2, 0.25) is 0 Å². The summed E-state index contributed by atoms with van der Waals surface area (Å²) in [6, 6.07) is 8.75. The molecule has 0 aliphatic carbocycles. The molecule has 1 aromatic rings. The van der Waals surface area contributed by atoms with Crippen LogP contribution < -0.4 is 5.32 Å². The summed E-state index contributed by atoms with van der Waals surface area (Å²) in [4.78, 5) is 2.50. The van der Waals surface area contributed by atoms with Crippen molar-refractivity contribution < 1.29 is 4.74 Å². The summed E-state index contributed by atoms with van der Waals surface area (Å²) in [6.45, 7) is 9.73. The molecule has 3 heteroatoms. The maximum Gasteiger partial charge on any atom is 0.0871 e. The van der Waals surface area contributed by atoms with Gasteiger partial charge in [-0.2, -0.15) is 0 Å². The van der Waals surface area contributed by atoms with Crippen LogP contribution in [-0.4, -0.2) is 38.2 Å². The molecule has 100 valence electrons. The zero-order chi connectivity index (χ0) is 13.0. The molecular formula is C15H24N2O. The monoisotopic (exact) mass is 248 g/mol. The van der Waals surface area contributed by atoms with Crippen molar-refractivity contribution in [2.75, 3.05) is 33.3 Å². The highest BCUT2D eigenvalue weighted by Crippen LogP contribution is 2.24. The first-order valence-electron chi connectivity index (χ1n) is 6.69. The van der Waals surface area contributed by atoms with Crippen LogP contribution in [0.3, 0.4) is 0 Å². The molecule has 0 saturated carbocycles. The van der Waals surface area contributed by atoms with Crippen molar-refractivity contribution in [1.82, 2.24) is 10.2 Å². The molecule has 2 rings (SSSR count). The minimum absolute atomic E-state index is 0.209. The van der Waals surface area contributed by atoms with E-state index < -0.39 is 0 Å². The highest BCUT2D eigenvalue weighted by molar-refractivity contribution is 5.27. The van der Waals surface area contributed by atoms with Crippen molar-refractivity contribution >= 4 is 0 Å². The van der Waals surface area contributed by atoms with Crippen LogP contribution in [0.25, 0.3) is 0 Å². The molecule has 1 aromatic carbocycles. The first-order chi connectivity index (χ1) is 8.62. The predicted molar refractivity (Wildman–Crippen MR) is 74.6 cm³/mol. The quantitative estimate of drug-likeness (QED) is 0.881. The molecule has 1 aliphatic rings. The lowest BCUT2D eigenvalue weighted by Gasteiger charge is -2.28. The Kier molecular flexibility index (Phi) is 4.38. The maximum atomic E-state index is 5.55. The second kappa shape index (κ2) is 5.83. The molecule has 1 fully saturated rings. The molecule has 0 aromatic heterocycles. The Hall–Kier alpha value is -0.900. The fourth-order valence-electron chi connectivity index (χ4n) is 2.29. The lowest BCUT2D eigenvalue weighted by Crippen LogP contribution is -2.42. The summed E-state index contributed by atoms with van der Waals surface area (Å²) in [5, 5.41) is 3.38. The molecular weight excluding hydrogens is 224 g/mol. The number of nitrogens with one attached hydrogen (secondary N) is 1. The van der Waals surface area contributed by atoms with Gasteiger partial charge in [0.15, 0.2) is 0 Å². The maximum absolute atomic E-state index is 5.55. The third kappa shape index (κ3) is 3.31. The Bertz CT molecular complexity index is 384. The van der Waals surface area contributed by atoms with E-state index in [2.05, 4.69) is 48.3 Å². The number of rotatable bonds is 4. The topological polar surface area (TPSA) is 24.5 Å². The predicted octanol–water partition coefficient (Wildman–Crippen LogP) is 1.97. The van der Waals surface area contributed by atoms with Crippen molar-refractivity contribution in [1.29, 1.82) is 0 Å². The van der Waals surface area contributed by atoms with E-state index in [0.717, 1.165) is 32.7 Å². The first kappa shape index (κ1) is 13.5. The van der Waals surface area contributed by atoms with Gasteiger partial charge in [-0.3, -0.25) is 4.90 Å². The van der Waals surface area contributed by atoms with Crippen LogP contribution in [-0.2, 0) is 16.9 Å². The van der Waals surface area contributed by atoms with Crippen LogP contribution in [0, 0.1) is 0 Å². The minimum atomic E-state index is -0.209. The minimum Gasteiger partial charge on any atom is -0.374 e. The Morgan fingerprint density at radius 2 is 2.00 bits per heavy atom. The zero-order valence-corrected chi connectivity index (χ0v) is 11.7. The fourth-order valence-corrected chi connectivity index (χ4v) is 2.29. The summed E-state index contributed by atoms with van der Waals surface area (Å²) in [6.07, 6.45) is 0. The van der Waals surface area contributed by atoms with Gasteiger partial charge in [0, 0.05) is 39.8 Å². The Balaban J connectivity index is 2.07. The van der Waals surface area contributed by atoms with Crippen molar-refractivity contribution in [3.8, 4) is 0 Å². The van der Waals surface area contributed by atoms with Crippen molar-refractivity contribution in [2.45, 2.75) is 26.0 Å². The van der Waals surface area contributed by atoms with Crippen LogP contribution in [0.5, 0.6) is 0 Å². The van der Waals surface area contributed by atoms with Crippen molar-refractivity contribution in [3.05, 3.63) is 35.4 Å². The van der Waals surface area contributed by atoms with Crippen LogP contribution in [0.4, 0.5) is 0 Å². The lowest BCUT2D eigenvalue weighted by atomic mass is 9.96. The largest absolute Gasteiger partial charge is 0.374 e. The van der Waals surface area contributed by atoms with Gasteiger partial charge >= 0.3 is 0 Å². The van der Waals surface area contributed by atoms with Gasteiger partial charge in [0.25, 0.3) is 0 Å². The first-order valence-corrected chi connectivity index (χ1v) is 6.69. The molecule has 1 heterocycles.